The lowest BCUT2D eigenvalue weighted by Gasteiger charge is -2.39. The van der Waals surface area contributed by atoms with E-state index >= 15 is 0 Å². The Morgan fingerprint density at radius 2 is 1.76 bits per heavy atom. The Balaban J connectivity index is 1.30. The summed E-state index contributed by atoms with van der Waals surface area (Å²) in [5.74, 6) is -0.495. The van der Waals surface area contributed by atoms with Crippen LogP contribution in [0.25, 0.3) is 0 Å². The number of amides is 4. The summed E-state index contributed by atoms with van der Waals surface area (Å²) in [7, 11) is 0. The van der Waals surface area contributed by atoms with Crippen molar-refractivity contribution in [2.75, 3.05) is 0 Å². The topological polar surface area (TPSA) is 96.0 Å². The number of hydrogen-bond acceptors (Lipinski definition) is 5. The molecule has 176 valence electrons. The number of carbonyl (C=O) groups excluding carboxylic acids is 4. The molecule has 0 radical (unpaired) electrons. The van der Waals surface area contributed by atoms with Crippen molar-refractivity contribution in [3.05, 3.63) is 34.9 Å². The third-order valence-corrected chi connectivity index (χ3v) is 7.36. The predicted octanol–water partition coefficient (Wildman–Crippen LogP) is 3.09. The Kier molecular flexibility index (Phi) is 5.21. The highest BCUT2D eigenvalue weighted by Gasteiger charge is 2.45. The van der Waals surface area contributed by atoms with E-state index in [4.69, 9.17) is 4.74 Å². The first-order chi connectivity index (χ1) is 15.6. The van der Waals surface area contributed by atoms with Gasteiger partial charge in [-0.3, -0.25) is 19.7 Å². The smallest absolute Gasteiger partial charge is 0.410 e. The summed E-state index contributed by atoms with van der Waals surface area (Å²) < 4.78 is 5.65. The van der Waals surface area contributed by atoms with Gasteiger partial charge in [-0.05, 0) is 76.0 Å². The fourth-order valence-corrected chi connectivity index (χ4v) is 5.91. The lowest BCUT2D eigenvalue weighted by atomic mass is 9.84. The standard InChI is InChI=1S/C25H31N3O5/c1-25(2,3)33-24(32)28-17-5-6-18(28)12-15(11-17)14-4-7-19-16(10-14)13-27(23(19)31)20-8-9-21(29)26-22(20)30/h4,7,10,15,17-18,20H,5-6,8-9,11-13H2,1-3H3,(H,26,29,30). The van der Waals surface area contributed by atoms with Crippen LogP contribution >= 0.6 is 0 Å². The van der Waals surface area contributed by atoms with E-state index in [-0.39, 0.29) is 36.4 Å². The molecule has 0 aliphatic carbocycles. The molecule has 4 heterocycles. The van der Waals surface area contributed by atoms with E-state index in [1.54, 1.807) is 4.90 Å². The Morgan fingerprint density at radius 1 is 1.06 bits per heavy atom. The van der Waals surface area contributed by atoms with Crippen LogP contribution < -0.4 is 5.32 Å². The van der Waals surface area contributed by atoms with E-state index in [9.17, 15) is 19.2 Å². The van der Waals surface area contributed by atoms with Crippen molar-refractivity contribution in [3.8, 4) is 0 Å². The number of piperidine rings is 2. The predicted molar refractivity (Wildman–Crippen MR) is 119 cm³/mol. The second-order valence-corrected chi connectivity index (χ2v) is 10.8. The third-order valence-electron chi connectivity index (χ3n) is 7.36. The van der Waals surface area contributed by atoms with Crippen molar-refractivity contribution in [1.82, 2.24) is 15.1 Å². The summed E-state index contributed by atoms with van der Waals surface area (Å²) in [6.45, 7) is 6.06. The van der Waals surface area contributed by atoms with Crippen molar-refractivity contribution in [1.29, 1.82) is 0 Å². The molecule has 1 aromatic carbocycles. The molecule has 0 saturated carbocycles. The Morgan fingerprint density at radius 3 is 2.39 bits per heavy atom. The van der Waals surface area contributed by atoms with Crippen LogP contribution in [0.2, 0.25) is 0 Å². The minimum atomic E-state index is -0.598. The third kappa shape index (κ3) is 4.00. The number of hydrogen-bond donors (Lipinski definition) is 1. The second-order valence-electron chi connectivity index (χ2n) is 10.8. The van der Waals surface area contributed by atoms with Crippen molar-refractivity contribution in [2.45, 2.75) is 95.5 Å². The average Bonchev–Trinajstić information content (AvgIpc) is 3.19. The van der Waals surface area contributed by atoms with Gasteiger partial charge < -0.3 is 14.5 Å². The molecule has 33 heavy (non-hydrogen) atoms. The first-order valence-corrected chi connectivity index (χ1v) is 11.9. The van der Waals surface area contributed by atoms with Crippen LogP contribution in [0, 0.1) is 0 Å². The van der Waals surface area contributed by atoms with Crippen molar-refractivity contribution in [2.24, 2.45) is 0 Å². The number of fused-ring (bicyclic) bond motifs is 3. The summed E-state index contributed by atoms with van der Waals surface area (Å²) in [6.07, 6.45) is 4.16. The molecular weight excluding hydrogens is 422 g/mol. The summed E-state index contributed by atoms with van der Waals surface area (Å²) in [5, 5.41) is 2.35. The zero-order valence-corrected chi connectivity index (χ0v) is 19.4. The molecule has 1 N–H and O–H groups in total. The molecule has 8 heteroatoms. The molecular formula is C25H31N3O5. The Bertz CT molecular complexity index is 1020. The first-order valence-electron chi connectivity index (χ1n) is 11.9. The normalized spacial score (nSPS) is 29.2. The van der Waals surface area contributed by atoms with Gasteiger partial charge in [0.2, 0.25) is 11.8 Å². The molecule has 4 aliphatic rings. The number of rotatable bonds is 2. The lowest BCUT2D eigenvalue weighted by Crippen LogP contribution is -2.52. The monoisotopic (exact) mass is 453 g/mol. The molecule has 3 fully saturated rings. The zero-order valence-electron chi connectivity index (χ0n) is 19.4. The van der Waals surface area contributed by atoms with Gasteiger partial charge >= 0.3 is 6.09 Å². The largest absolute Gasteiger partial charge is 0.444 e. The molecule has 4 amide bonds. The van der Waals surface area contributed by atoms with Crippen molar-refractivity contribution < 1.29 is 23.9 Å². The molecule has 3 atom stereocenters. The maximum absolute atomic E-state index is 13.0. The molecule has 3 unspecified atom stereocenters. The molecule has 8 nitrogen and oxygen atoms in total. The fraction of sp³-hybridized carbons (Fsp3) is 0.600. The molecule has 0 aromatic heterocycles. The molecule has 1 aromatic rings. The summed E-state index contributed by atoms with van der Waals surface area (Å²) in [6, 6.07) is 5.77. The average molecular weight is 454 g/mol. The van der Waals surface area contributed by atoms with Crippen LogP contribution in [0.1, 0.15) is 86.7 Å². The molecule has 4 aliphatic heterocycles. The van der Waals surface area contributed by atoms with Crippen molar-refractivity contribution >= 4 is 23.8 Å². The van der Waals surface area contributed by atoms with Crippen LogP contribution in [0.3, 0.4) is 0 Å². The van der Waals surface area contributed by atoms with Crippen LogP contribution in [-0.4, -0.2) is 57.3 Å². The summed E-state index contributed by atoms with van der Waals surface area (Å²) >= 11 is 0. The zero-order chi connectivity index (χ0) is 23.5. The highest BCUT2D eigenvalue weighted by atomic mass is 16.6. The second kappa shape index (κ2) is 7.85. The van der Waals surface area contributed by atoms with E-state index in [0.29, 0.717) is 24.4 Å². The lowest BCUT2D eigenvalue weighted by molar-refractivity contribution is -0.136. The van der Waals surface area contributed by atoms with Gasteiger partial charge in [0.25, 0.3) is 5.91 Å². The van der Waals surface area contributed by atoms with E-state index in [0.717, 1.165) is 31.2 Å². The van der Waals surface area contributed by atoms with Gasteiger partial charge in [0.05, 0.1) is 0 Å². The molecule has 3 saturated heterocycles. The Hall–Kier alpha value is -2.90. The van der Waals surface area contributed by atoms with Gasteiger partial charge in [-0.15, -0.1) is 0 Å². The number of carbonyl (C=O) groups is 4. The van der Waals surface area contributed by atoms with E-state index in [1.165, 1.54) is 5.56 Å². The van der Waals surface area contributed by atoms with Crippen molar-refractivity contribution in [3.63, 3.8) is 0 Å². The van der Waals surface area contributed by atoms with Gasteiger partial charge in [0, 0.05) is 30.6 Å². The number of benzene rings is 1. The van der Waals surface area contributed by atoms with Crippen LogP contribution in [0.4, 0.5) is 4.79 Å². The van der Waals surface area contributed by atoms with E-state index in [1.807, 2.05) is 37.8 Å². The van der Waals surface area contributed by atoms with Gasteiger partial charge in [-0.25, -0.2) is 4.79 Å². The number of imide groups is 1. The van der Waals surface area contributed by atoms with Crippen LogP contribution in [-0.2, 0) is 20.9 Å². The fourth-order valence-electron chi connectivity index (χ4n) is 5.91. The van der Waals surface area contributed by atoms with Gasteiger partial charge in [-0.1, -0.05) is 12.1 Å². The summed E-state index contributed by atoms with van der Waals surface area (Å²) in [4.78, 5) is 53.0. The minimum Gasteiger partial charge on any atom is -0.444 e. The maximum Gasteiger partial charge on any atom is 0.410 e. The van der Waals surface area contributed by atoms with E-state index < -0.39 is 17.6 Å². The first kappa shape index (κ1) is 21.9. The van der Waals surface area contributed by atoms with Gasteiger partial charge in [0.15, 0.2) is 0 Å². The maximum atomic E-state index is 13.0. The Labute approximate surface area is 193 Å². The minimum absolute atomic E-state index is 0.147. The number of ether oxygens (including phenoxy) is 1. The quantitative estimate of drug-likeness (QED) is 0.695. The highest BCUT2D eigenvalue weighted by Crippen LogP contribution is 2.44. The molecule has 5 rings (SSSR count). The van der Waals surface area contributed by atoms with Gasteiger partial charge in [0.1, 0.15) is 11.6 Å². The molecule has 2 bridgehead atoms. The highest BCUT2D eigenvalue weighted by molar-refractivity contribution is 6.05. The summed E-state index contributed by atoms with van der Waals surface area (Å²) in [5.41, 5.74) is 2.25. The van der Waals surface area contributed by atoms with Crippen LogP contribution in [0.15, 0.2) is 18.2 Å². The molecule has 0 spiro atoms. The van der Waals surface area contributed by atoms with Crippen LogP contribution in [0.5, 0.6) is 0 Å². The SMILES string of the molecule is CC(C)(C)OC(=O)N1C2CCC1CC(c1ccc3c(c1)CN(C1CCC(=O)NC1=O)C3=O)C2. The van der Waals surface area contributed by atoms with Gasteiger partial charge in [-0.2, -0.15) is 0 Å². The van der Waals surface area contributed by atoms with E-state index in [2.05, 4.69) is 11.4 Å². The number of nitrogens with zero attached hydrogens (tertiary/aromatic N) is 2. The number of nitrogens with one attached hydrogen (secondary N) is 1.